The molecule has 1 heterocycles. The average Bonchev–Trinajstić information content (AvgIpc) is 2.96. The zero-order valence-electron chi connectivity index (χ0n) is 12.9. The minimum atomic E-state index is -0.722. The van der Waals surface area contributed by atoms with Crippen molar-refractivity contribution >= 4 is 23.4 Å². The topological polar surface area (TPSA) is 79.5 Å². The molecule has 2 atom stereocenters. The molecule has 0 spiro atoms. The van der Waals surface area contributed by atoms with E-state index in [1.54, 1.807) is 43.5 Å². The highest BCUT2D eigenvalue weighted by Gasteiger charge is 2.36. The Hall–Kier alpha value is -2.57. The molecule has 1 aliphatic heterocycles. The SMILES string of the molecule is COc1ccc(C(=O)N[C@@H]2C(=O)NN[C@H]2c2ccc(Cl)cc2)cc1. The van der Waals surface area contributed by atoms with Gasteiger partial charge in [-0.1, -0.05) is 23.7 Å². The predicted octanol–water partition coefficient (Wildman–Crippen LogP) is 1.82. The van der Waals surface area contributed by atoms with Gasteiger partial charge in [0.1, 0.15) is 11.8 Å². The molecule has 0 radical (unpaired) electrons. The zero-order chi connectivity index (χ0) is 17.1. The lowest BCUT2D eigenvalue weighted by molar-refractivity contribution is -0.121. The standard InChI is InChI=1S/C17H16ClN3O3/c1-24-13-8-4-11(5-9-13)16(22)19-15-14(20-21-17(15)23)10-2-6-12(18)7-3-10/h2-9,14-15,20H,1H3,(H,19,22)(H,21,23)/t14-,15-/m0/s1. The van der Waals surface area contributed by atoms with Gasteiger partial charge in [0, 0.05) is 10.6 Å². The van der Waals surface area contributed by atoms with Crippen molar-refractivity contribution in [2.45, 2.75) is 12.1 Å². The molecule has 1 fully saturated rings. The van der Waals surface area contributed by atoms with Crippen molar-refractivity contribution in [3.63, 3.8) is 0 Å². The fraction of sp³-hybridized carbons (Fsp3) is 0.176. The number of methoxy groups -OCH3 is 1. The van der Waals surface area contributed by atoms with Gasteiger partial charge in [0.2, 0.25) is 0 Å². The van der Waals surface area contributed by atoms with E-state index in [0.29, 0.717) is 16.3 Å². The molecule has 24 heavy (non-hydrogen) atoms. The van der Waals surface area contributed by atoms with Crippen LogP contribution in [0.4, 0.5) is 0 Å². The third kappa shape index (κ3) is 3.34. The van der Waals surface area contributed by atoms with E-state index in [9.17, 15) is 9.59 Å². The summed E-state index contributed by atoms with van der Waals surface area (Å²) in [7, 11) is 1.56. The van der Waals surface area contributed by atoms with Gasteiger partial charge < -0.3 is 10.1 Å². The van der Waals surface area contributed by atoms with Gasteiger partial charge in [-0.15, -0.1) is 0 Å². The lowest BCUT2D eigenvalue weighted by Gasteiger charge is -2.18. The monoisotopic (exact) mass is 345 g/mol. The van der Waals surface area contributed by atoms with Crippen molar-refractivity contribution in [3.05, 3.63) is 64.7 Å². The van der Waals surface area contributed by atoms with Crippen LogP contribution in [0, 0.1) is 0 Å². The number of hydrogen-bond donors (Lipinski definition) is 3. The normalized spacial score (nSPS) is 19.7. The maximum atomic E-state index is 12.4. The molecule has 0 saturated carbocycles. The number of rotatable bonds is 4. The van der Waals surface area contributed by atoms with Crippen LogP contribution >= 0.6 is 11.6 Å². The van der Waals surface area contributed by atoms with Crippen LogP contribution in [-0.2, 0) is 4.79 Å². The molecule has 1 aliphatic rings. The largest absolute Gasteiger partial charge is 0.497 e. The van der Waals surface area contributed by atoms with E-state index < -0.39 is 6.04 Å². The number of halogens is 1. The summed E-state index contributed by atoms with van der Waals surface area (Å²) in [6, 6.07) is 12.7. The van der Waals surface area contributed by atoms with Crippen LogP contribution in [-0.4, -0.2) is 25.0 Å². The Labute approximate surface area is 144 Å². The van der Waals surface area contributed by atoms with Crippen molar-refractivity contribution in [3.8, 4) is 5.75 Å². The Bertz CT molecular complexity index is 747. The van der Waals surface area contributed by atoms with Gasteiger partial charge in [0.05, 0.1) is 13.2 Å². The van der Waals surface area contributed by atoms with Crippen molar-refractivity contribution in [2.75, 3.05) is 7.11 Å². The lowest BCUT2D eigenvalue weighted by atomic mass is 10.0. The van der Waals surface area contributed by atoms with Crippen LogP contribution in [0.2, 0.25) is 5.02 Å². The Balaban J connectivity index is 1.76. The molecule has 124 valence electrons. The number of hydrogen-bond acceptors (Lipinski definition) is 4. The Morgan fingerprint density at radius 1 is 1.12 bits per heavy atom. The number of hydrazine groups is 1. The minimum Gasteiger partial charge on any atom is -0.497 e. The van der Waals surface area contributed by atoms with Crippen molar-refractivity contribution in [2.24, 2.45) is 0 Å². The van der Waals surface area contributed by atoms with E-state index in [0.717, 1.165) is 5.56 Å². The van der Waals surface area contributed by atoms with Gasteiger partial charge >= 0.3 is 0 Å². The Morgan fingerprint density at radius 3 is 2.42 bits per heavy atom. The van der Waals surface area contributed by atoms with E-state index in [4.69, 9.17) is 16.3 Å². The molecule has 2 aromatic carbocycles. The fourth-order valence-electron chi connectivity index (χ4n) is 2.52. The molecule has 0 aliphatic carbocycles. The Kier molecular flexibility index (Phi) is 4.69. The molecular weight excluding hydrogens is 330 g/mol. The van der Waals surface area contributed by atoms with Gasteiger partial charge in [0.15, 0.2) is 0 Å². The minimum absolute atomic E-state index is 0.295. The van der Waals surface area contributed by atoms with E-state index in [1.807, 2.05) is 12.1 Å². The van der Waals surface area contributed by atoms with Gasteiger partial charge in [0.25, 0.3) is 11.8 Å². The first-order chi connectivity index (χ1) is 11.6. The maximum absolute atomic E-state index is 12.4. The van der Waals surface area contributed by atoms with Crippen LogP contribution in [0.15, 0.2) is 48.5 Å². The van der Waals surface area contributed by atoms with Crippen molar-refractivity contribution in [1.29, 1.82) is 0 Å². The van der Waals surface area contributed by atoms with Crippen LogP contribution in [0.25, 0.3) is 0 Å². The number of amides is 2. The first kappa shape index (κ1) is 16.3. The molecule has 7 heteroatoms. The van der Waals surface area contributed by atoms with Crippen LogP contribution in [0.3, 0.4) is 0 Å². The van der Waals surface area contributed by atoms with Crippen LogP contribution < -0.4 is 20.9 Å². The summed E-state index contributed by atoms with van der Waals surface area (Å²) in [4.78, 5) is 24.5. The third-order valence-electron chi connectivity index (χ3n) is 3.83. The second kappa shape index (κ2) is 6.90. The quantitative estimate of drug-likeness (QED) is 0.789. The molecule has 2 aromatic rings. The first-order valence-electron chi connectivity index (χ1n) is 7.34. The second-order valence-corrected chi connectivity index (χ2v) is 5.78. The lowest BCUT2D eigenvalue weighted by Crippen LogP contribution is -2.42. The van der Waals surface area contributed by atoms with E-state index in [1.165, 1.54) is 0 Å². The summed E-state index contributed by atoms with van der Waals surface area (Å²) < 4.78 is 5.07. The zero-order valence-corrected chi connectivity index (χ0v) is 13.6. The van der Waals surface area contributed by atoms with Gasteiger partial charge in [-0.2, -0.15) is 0 Å². The first-order valence-corrected chi connectivity index (χ1v) is 7.72. The Morgan fingerprint density at radius 2 is 1.79 bits per heavy atom. The second-order valence-electron chi connectivity index (χ2n) is 5.34. The average molecular weight is 346 g/mol. The summed E-state index contributed by atoms with van der Waals surface area (Å²) in [6.07, 6.45) is 0. The van der Waals surface area contributed by atoms with Gasteiger partial charge in [-0.25, -0.2) is 5.43 Å². The molecule has 0 unspecified atom stereocenters. The third-order valence-corrected chi connectivity index (χ3v) is 4.09. The maximum Gasteiger partial charge on any atom is 0.258 e. The van der Waals surface area contributed by atoms with Crippen LogP contribution in [0.1, 0.15) is 22.0 Å². The molecule has 3 rings (SSSR count). The number of benzene rings is 2. The number of carbonyl (C=O) groups excluding carboxylic acids is 2. The van der Waals surface area contributed by atoms with Crippen molar-refractivity contribution in [1.82, 2.24) is 16.2 Å². The highest BCUT2D eigenvalue weighted by molar-refractivity contribution is 6.30. The highest BCUT2D eigenvalue weighted by Crippen LogP contribution is 2.22. The van der Waals surface area contributed by atoms with Crippen molar-refractivity contribution < 1.29 is 14.3 Å². The molecule has 2 amide bonds. The summed E-state index contributed by atoms with van der Waals surface area (Å²) in [6.45, 7) is 0. The molecule has 0 bridgehead atoms. The van der Waals surface area contributed by atoms with E-state index >= 15 is 0 Å². The van der Waals surface area contributed by atoms with Crippen LogP contribution in [0.5, 0.6) is 5.75 Å². The number of ether oxygens (including phenoxy) is 1. The predicted molar refractivity (Wildman–Crippen MR) is 89.7 cm³/mol. The molecule has 1 saturated heterocycles. The highest BCUT2D eigenvalue weighted by atomic mass is 35.5. The van der Waals surface area contributed by atoms with Gasteiger partial charge in [-0.3, -0.25) is 15.0 Å². The fourth-order valence-corrected chi connectivity index (χ4v) is 2.65. The summed E-state index contributed by atoms with van der Waals surface area (Å²) >= 11 is 5.89. The number of carbonyl (C=O) groups is 2. The summed E-state index contributed by atoms with van der Waals surface area (Å²) in [5.74, 6) is 0.0307. The molecule has 0 aromatic heterocycles. The smallest absolute Gasteiger partial charge is 0.258 e. The van der Waals surface area contributed by atoms with E-state index in [-0.39, 0.29) is 17.9 Å². The molecular formula is C17H16ClN3O3. The summed E-state index contributed by atoms with van der Waals surface area (Å²) in [5.41, 5.74) is 6.74. The summed E-state index contributed by atoms with van der Waals surface area (Å²) in [5, 5.41) is 3.36. The van der Waals surface area contributed by atoms with Gasteiger partial charge in [-0.05, 0) is 42.0 Å². The molecule has 3 N–H and O–H groups in total. The number of nitrogens with one attached hydrogen (secondary N) is 3. The van der Waals surface area contributed by atoms with E-state index in [2.05, 4.69) is 16.2 Å². The molecule has 6 nitrogen and oxygen atoms in total.